The van der Waals surface area contributed by atoms with Crippen molar-refractivity contribution < 1.29 is 9.21 Å². The first kappa shape index (κ1) is 15.5. The molecule has 1 aliphatic rings. The summed E-state index contributed by atoms with van der Waals surface area (Å²) in [6.07, 6.45) is 5.45. The van der Waals surface area contributed by atoms with Crippen LogP contribution in [-0.4, -0.2) is 46.4 Å². The minimum Gasteiger partial charge on any atom is -0.459 e. The summed E-state index contributed by atoms with van der Waals surface area (Å²) in [6, 6.07) is 3.29. The van der Waals surface area contributed by atoms with Gasteiger partial charge in [-0.2, -0.15) is 0 Å². The fourth-order valence-electron chi connectivity index (χ4n) is 2.33. The smallest absolute Gasteiger partial charge is 0.293 e. The van der Waals surface area contributed by atoms with Gasteiger partial charge in [0.25, 0.3) is 5.91 Å². The molecule has 1 fully saturated rings. The number of nitrogens with zero attached hydrogens (tertiary/aromatic N) is 3. The lowest BCUT2D eigenvalue weighted by Gasteiger charge is -2.25. The Morgan fingerprint density at radius 2 is 2.23 bits per heavy atom. The number of piperidine rings is 1. The van der Waals surface area contributed by atoms with Gasteiger partial charge >= 0.3 is 0 Å². The second-order valence-electron chi connectivity index (χ2n) is 5.06. The summed E-state index contributed by atoms with van der Waals surface area (Å²) in [5, 5.41) is 11.3. The molecule has 22 heavy (non-hydrogen) atoms. The van der Waals surface area contributed by atoms with Crippen LogP contribution in [0.3, 0.4) is 0 Å². The van der Waals surface area contributed by atoms with Crippen LogP contribution in [0.15, 0.2) is 27.2 Å². The molecule has 1 N–H and O–H groups in total. The Hall–Kier alpha value is -1.38. The Labute approximate surface area is 137 Å². The molecular weight excluding hydrogens is 320 g/mol. The average Bonchev–Trinajstić information content (AvgIpc) is 3.20. The van der Waals surface area contributed by atoms with Crippen LogP contribution in [0, 0.1) is 0 Å². The first-order chi connectivity index (χ1) is 10.8. The van der Waals surface area contributed by atoms with Gasteiger partial charge in [-0.1, -0.05) is 29.5 Å². The largest absolute Gasteiger partial charge is 0.459 e. The molecule has 1 aliphatic heterocycles. The summed E-state index contributed by atoms with van der Waals surface area (Å²) in [5.74, 6) is 0.973. The highest BCUT2D eigenvalue weighted by Crippen LogP contribution is 2.26. The molecule has 2 aromatic rings. The molecule has 2 aromatic heterocycles. The normalized spacial score (nSPS) is 15.8. The fourth-order valence-corrected chi connectivity index (χ4v) is 4.15. The topological polar surface area (TPSA) is 71.3 Å². The third-order valence-corrected chi connectivity index (χ3v) is 5.41. The summed E-state index contributed by atoms with van der Waals surface area (Å²) in [7, 11) is 0. The number of furan rings is 1. The SMILES string of the molecule is O=C(Nc1nnc(SCCN2CCCCC2)s1)c1ccco1. The highest BCUT2D eigenvalue weighted by molar-refractivity contribution is 8.01. The molecule has 0 aliphatic carbocycles. The second-order valence-corrected chi connectivity index (χ2v) is 7.37. The van der Waals surface area contributed by atoms with Crippen molar-refractivity contribution in [3.05, 3.63) is 24.2 Å². The van der Waals surface area contributed by atoms with Crippen molar-refractivity contribution in [3.63, 3.8) is 0 Å². The molecule has 1 saturated heterocycles. The van der Waals surface area contributed by atoms with Crippen LogP contribution in [0.25, 0.3) is 0 Å². The number of aromatic nitrogens is 2. The maximum atomic E-state index is 11.8. The molecular formula is C14H18N4O2S2. The molecule has 0 atom stereocenters. The van der Waals surface area contributed by atoms with Gasteiger partial charge in [0.15, 0.2) is 10.1 Å². The number of nitrogens with one attached hydrogen (secondary N) is 1. The van der Waals surface area contributed by atoms with Gasteiger partial charge in [-0.05, 0) is 38.1 Å². The summed E-state index contributed by atoms with van der Waals surface area (Å²) in [6.45, 7) is 3.50. The quantitative estimate of drug-likeness (QED) is 0.645. The number of hydrogen-bond acceptors (Lipinski definition) is 7. The Bertz CT molecular complexity index is 594. The van der Waals surface area contributed by atoms with E-state index in [1.807, 2.05) is 0 Å². The molecule has 3 rings (SSSR count). The monoisotopic (exact) mass is 338 g/mol. The second kappa shape index (κ2) is 7.75. The molecule has 3 heterocycles. The van der Waals surface area contributed by atoms with Crippen LogP contribution >= 0.6 is 23.1 Å². The van der Waals surface area contributed by atoms with Gasteiger partial charge < -0.3 is 9.32 Å². The van der Waals surface area contributed by atoms with E-state index < -0.39 is 0 Å². The van der Waals surface area contributed by atoms with Gasteiger partial charge in [-0.15, -0.1) is 10.2 Å². The van der Waals surface area contributed by atoms with Crippen molar-refractivity contribution in [2.75, 3.05) is 30.7 Å². The van der Waals surface area contributed by atoms with Gasteiger partial charge in [0.05, 0.1) is 6.26 Å². The molecule has 1 amide bonds. The molecule has 0 unspecified atom stereocenters. The number of anilines is 1. The number of thioether (sulfide) groups is 1. The number of hydrogen-bond donors (Lipinski definition) is 1. The predicted molar refractivity (Wildman–Crippen MR) is 87.6 cm³/mol. The van der Waals surface area contributed by atoms with Gasteiger partial charge in [0, 0.05) is 12.3 Å². The molecule has 0 spiro atoms. The fraction of sp³-hybridized carbons (Fsp3) is 0.500. The maximum Gasteiger partial charge on any atom is 0.293 e. The van der Waals surface area contributed by atoms with E-state index in [9.17, 15) is 4.79 Å². The number of carbonyl (C=O) groups excluding carboxylic acids is 1. The molecule has 0 radical (unpaired) electrons. The van der Waals surface area contributed by atoms with Gasteiger partial charge in [-0.25, -0.2) is 0 Å². The molecule has 0 bridgehead atoms. The van der Waals surface area contributed by atoms with Crippen molar-refractivity contribution in [1.82, 2.24) is 15.1 Å². The minimum atomic E-state index is -0.300. The summed E-state index contributed by atoms with van der Waals surface area (Å²) in [5.41, 5.74) is 0. The van der Waals surface area contributed by atoms with Gasteiger partial charge in [-0.3, -0.25) is 10.1 Å². The average molecular weight is 338 g/mol. The minimum absolute atomic E-state index is 0.273. The molecule has 0 aromatic carbocycles. The molecule has 6 nitrogen and oxygen atoms in total. The third kappa shape index (κ3) is 4.31. The van der Waals surface area contributed by atoms with E-state index in [-0.39, 0.29) is 11.7 Å². The first-order valence-electron chi connectivity index (χ1n) is 7.35. The number of amides is 1. The number of carbonyl (C=O) groups is 1. The van der Waals surface area contributed by atoms with Crippen LogP contribution in [0.4, 0.5) is 5.13 Å². The molecule has 0 saturated carbocycles. The highest BCUT2D eigenvalue weighted by atomic mass is 32.2. The third-order valence-electron chi connectivity index (χ3n) is 3.45. The number of likely N-dealkylation sites (tertiary alicyclic amines) is 1. The summed E-state index contributed by atoms with van der Waals surface area (Å²) in [4.78, 5) is 14.3. The van der Waals surface area contributed by atoms with Crippen molar-refractivity contribution in [1.29, 1.82) is 0 Å². The summed E-state index contributed by atoms with van der Waals surface area (Å²) < 4.78 is 5.92. The van der Waals surface area contributed by atoms with E-state index in [0.717, 1.165) is 16.6 Å². The first-order valence-corrected chi connectivity index (χ1v) is 9.15. The van der Waals surface area contributed by atoms with Crippen LogP contribution in [-0.2, 0) is 0 Å². The lowest BCUT2D eigenvalue weighted by Crippen LogP contribution is -2.31. The van der Waals surface area contributed by atoms with E-state index in [4.69, 9.17) is 4.42 Å². The summed E-state index contributed by atoms with van der Waals surface area (Å²) >= 11 is 3.08. The molecule has 118 valence electrons. The lowest BCUT2D eigenvalue weighted by molar-refractivity contribution is 0.0996. The van der Waals surface area contributed by atoms with Crippen molar-refractivity contribution in [2.45, 2.75) is 23.6 Å². The van der Waals surface area contributed by atoms with E-state index in [1.165, 1.54) is 50.0 Å². The van der Waals surface area contributed by atoms with E-state index in [2.05, 4.69) is 20.4 Å². The highest BCUT2D eigenvalue weighted by Gasteiger charge is 2.13. The number of rotatable bonds is 6. The Kier molecular flexibility index (Phi) is 5.47. The van der Waals surface area contributed by atoms with E-state index >= 15 is 0 Å². The zero-order valence-electron chi connectivity index (χ0n) is 12.2. The van der Waals surface area contributed by atoms with Crippen LogP contribution in [0.2, 0.25) is 0 Å². The van der Waals surface area contributed by atoms with Gasteiger partial charge in [0.1, 0.15) is 0 Å². The lowest BCUT2D eigenvalue weighted by atomic mass is 10.1. The van der Waals surface area contributed by atoms with E-state index in [0.29, 0.717) is 5.13 Å². The van der Waals surface area contributed by atoms with Crippen LogP contribution in [0.5, 0.6) is 0 Å². The Morgan fingerprint density at radius 3 is 3.00 bits per heavy atom. The van der Waals surface area contributed by atoms with Gasteiger partial charge in [0.2, 0.25) is 5.13 Å². The van der Waals surface area contributed by atoms with Crippen molar-refractivity contribution >= 4 is 34.1 Å². The standard InChI is InChI=1S/C14H18N4O2S2/c19-12(11-5-4-9-20-11)15-13-16-17-14(22-13)21-10-8-18-6-2-1-3-7-18/h4-5,9H,1-3,6-8,10H2,(H,15,16,19). The van der Waals surface area contributed by atoms with Crippen molar-refractivity contribution in [2.24, 2.45) is 0 Å². The predicted octanol–water partition coefficient (Wildman–Crippen LogP) is 2.96. The maximum absolute atomic E-state index is 11.8. The van der Waals surface area contributed by atoms with E-state index in [1.54, 1.807) is 23.9 Å². The van der Waals surface area contributed by atoms with Crippen molar-refractivity contribution in [3.8, 4) is 0 Å². The van der Waals surface area contributed by atoms with Crippen LogP contribution in [0.1, 0.15) is 29.8 Å². The van der Waals surface area contributed by atoms with Crippen LogP contribution < -0.4 is 5.32 Å². The Morgan fingerprint density at radius 1 is 1.36 bits per heavy atom. The zero-order valence-corrected chi connectivity index (χ0v) is 13.8. The zero-order chi connectivity index (χ0) is 15.2. The molecule has 8 heteroatoms. The Balaban J connectivity index is 1.43.